The monoisotopic (exact) mass is 472 g/mol. The van der Waals surface area contributed by atoms with Crippen LogP contribution < -0.4 is 0 Å². The van der Waals surface area contributed by atoms with Crippen molar-refractivity contribution in [2.75, 3.05) is 0 Å². The van der Waals surface area contributed by atoms with Crippen LogP contribution in [0.2, 0.25) is 0 Å². The van der Waals surface area contributed by atoms with Gasteiger partial charge < -0.3 is 0 Å². The Labute approximate surface area is 215 Å². The van der Waals surface area contributed by atoms with E-state index in [1.54, 1.807) is 6.08 Å². The average molecular weight is 473 g/mol. The lowest BCUT2D eigenvalue weighted by Crippen LogP contribution is -1.93. The summed E-state index contributed by atoms with van der Waals surface area (Å²) in [5.41, 5.74) is 8.89. The summed E-state index contributed by atoms with van der Waals surface area (Å²) in [5.74, 6) is 0. The van der Waals surface area contributed by atoms with Gasteiger partial charge in [0.25, 0.3) is 0 Å². The van der Waals surface area contributed by atoms with E-state index in [1.807, 2.05) is 12.2 Å². The molecule has 0 bridgehead atoms. The van der Waals surface area contributed by atoms with Gasteiger partial charge in [-0.15, -0.1) is 0 Å². The first-order valence-corrected chi connectivity index (χ1v) is 12.5. The molecule has 0 aliphatic rings. The quantitative estimate of drug-likeness (QED) is 0.184. The van der Waals surface area contributed by atoms with Crippen LogP contribution >= 0.6 is 0 Å². The fraction of sp³-hybridized carbons (Fsp3) is 0. The number of hydrogen-bond donors (Lipinski definition) is 0. The maximum Gasteiger partial charge on any atom is 0.147 e. The zero-order chi connectivity index (χ0) is 24.9. The Balaban J connectivity index is 1.62. The molecule has 0 N–H and O–H groups in total. The summed E-state index contributed by atoms with van der Waals surface area (Å²) in [6, 6.07) is 36.8. The minimum absolute atomic E-state index is 0.998. The van der Waals surface area contributed by atoms with Gasteiger partial charge in [0, 0.05) is 10.8 Å². The highest BCUT2D eigenvalue weighted by atomic mass is 15.0. The Morgan fingerprint density at radius 2 is 1.35 bits per heavy atom. The van der Waals surface area contributed by atoms with Crippen LogP contribution in [0.1, 0.15) is 5.56 Å². The van der Waals surface area contributed by atoms with Crippen LogP contribution in [-0.4, -0.2) is 9.38 Å². The van der Waals surface area contributed by atoms with Gasteiger partial charge in [0.05, 0.1) is 16.6 Å². The van der Waals surface area contributed by atoms with E-state index in [-0.39, 0.29) is 0 Å². The Morgan fingerprint density at radius 1 is 0.676 bits per heavy atom. The maximum atomic E-state index is 5.14. The minimum atomic E-state index is 0.998. The summed E-state index contributed by atoms with van der Waals surface area (Å²) in [7, 11) is 0. The number of nitrogens with zero attached hydrogens (tertiary/aromatic N) is 2. The van der Waals surface area contributed by atoms with Crippen LogP contribution in [0.3, 0.4) is 0 Å². The van der Waals surface area contributed by atoms with Crippen LogP contribution in [0.4, 0.5) is 0 Å². The van der Waals surface area contributed by atoms with Crippen LogP contribution in [-0.2, 0) is 0 Å². The molecule has 174 valence electrons. The number of imidazole rings is 1. The van der Waals surface area contributed by atoms with Crippen molar-refractivity contribution >= 4 is 54.7 Å². The van der Waals surface area contributed by atoms with Gasteiger partial charge in [0.2, 0.25) is 0 Å². The standard InChI is InChI=1S/C35H24N2/c1-3-11-23(4-2)24-18-20-25(21-19-24)29-22-30-27-13-7-9-16-32(27)37-33-17-10-8-15-31(33)36-35(37)34(30)28-14-6-5-12-26(28)29/h3-22H,1-2H2/b23-11+. The summed E-state index contributed by atoms with van der Waals surface area (Å²) in [5, 5.41) is 6.06. The number of allylic oxidation sites excluding steroid dienone is 4. The molecule has 7 aromatic rings. The van der Waals surface area contributed by atoms with Crippen LogP contribution in [0.15, 0.2) is 135 Å². The topological polar surface area (TPSA) is 17.3 Å². The number of aromatic nitrogens is 2. The molecule has 7 rings (SSSR count). The van der Waals surface area contributed by atoms with E-state index in [4.69, 9.17) is 4.98 Å². The maximum absolute atomic E-state index is 5.14. The molecule has 0 fully saturated rings. The van der Waals surface area contributed by atoms with Gasteiger partial charge in [-0.05, 0) is 62.7 Å². The van der Waals surface area contributed by atoms with Crippen LogP contribution in [0.25, 0.3) is 65.8 Å². The van der Waals surface area contributed by atoms with Crippen molar-refractivity contribution in [3.8, 4) is 11.1 Å². The third-order valence-corrected chi connectivity index (χ3v) is 7.31. The van der Waals surface area contributed by atoms with Gasteiger partial charge in [0.15, 0.2) is 0 Å². The minimum Gasteiger partial charge on any atom is -0.292 e. The summed E-state index contributed by atoms with van der Waals surface area (Å²) in [4.78, 5) is 5.14. The largest absolute Gasteiger partial charge is 0.292 e. The van der Waals surface area contributed by atoms with Crippen molar-refractivity contribution in [2.45, 2.75) is 0 Å². The number of para-hydroxylation sites is 3. The molecule has 2 nitrogen and oxygen atoms in total. The molecule has 0 amide bonds. The second-order valence-electron chi connectivity index (χ2n) is 9.31. The number of hydrogen-bond acceptors (Lipinski definition) is 1. The van der Waals surface area contributed by atoms with E-state index >= 15 is 0 Å². The lowest BCUT2D eigenvalue weighted by Gasteiger charge is -2.15. The smallest absolute Gasteiger partial charge is 0.147 e. The van der Waals surface area contributed by atoms with E-state index in [9.17, 15) is 0 Å². The van der Waals surface area contributed by atoms with Crippen molar-refractivity contribution in [1.82, 2.24) is 9.38 Å². The summed E-state index contributed by atoms with van der Waals surface area (Å²) in [6.07, 6.45) is 5.65. The molecule has 0 atom stereocenters. The normalized spacial score (nSPS) is 12.2. The van der Waals surface area contributed by atoms with Gasteiger partial charge in [-0.25, -0.2) is 4.98 Å². The van der Waals surface area contributed by atoms with E-state index in [0.717, 1.165) is 27.8 Å². The van der Waals surface area contributed by atoms with E-state index in [0.29, 0.717) is 0 Å². The van der Waals surface area contributed by atoms with E-state index < -0.39 is 0 Å². The first-order chi connectivity index (χ1) is 18.3. The lowest BCUT2D eigenvalue weighted by atomic mass is 9.91. The second kappa shape index (κ2) is 8.32. The molecule has 2 heterocycles. The van der Waals surface area contributed by atoms with Crippen molar-refractivity contribution in [3.63, 3.8) is 0 Å². The summed E-state index contributed by atoms with van der Waals surface area (Å²) >= 11 is 0. The van der Waals surface area contributed by atoms with Gasteiger partial charge in [-0.3, -0.25) is 4.40 Å². The summed E-state index contributed by atoms with van der Waals surface area (Å²) < 4.78 is 2.32. The average Bonchev–Trinajstić information content (AvgIpc) is 3.35. The zero-order valence-electron chi connectivity index (χ0n) is 20.4. The molecule has 37 heavy (non-hydrogen) atoms. The van der Waals surface area contributed by atoms with E-state index in [2.05, 4.69) is 121 Å². The Kier molecular flexibility index (Phi) is 4.80. The number of rotatable bonds is 4. The second-order valence-corrected chi connectivity index (χ2v) is 9.31. The summed E-state index contributed by atoms with van der Waals surface area (Å²) in [6.45, 7) is 7.79. The molecule has 0 aliphatic heterocycles. The van der Waals surface area contributed by atoms with Crippen LogP contribution in [0, 0.1) is 0 Å². The van der Waals surface area contributed by atoms with Crippen LogP contribution in [0.5, 0.6) is 0 Å². The van der Waals surface area contributed by atoms with Gasteiger partial charge >= 0.3 is 0 Å². The molecule has 0 unspecified atom stereocenters. The molecule has 0 aliphatic carbocycles. The SMILES string of the molecule is C=C/C=C(\C=C)c1ccc(-c2cc3c4ccccc4n4c5ccccc5nc4c3c3ccccc23)cc1. The molecule has 0 radical (unpaired) electrons. The fourth-order valence-electron chi connectivity index (χ4n) is 5.65. The third-order valence-electron chi connectivity index (χ3n) is 7.31. The Hall–Kier alpha value is -4.95. The highest BCUT2D eigenvalue weighted by Crippen LogP contribution is 2.41. The van der Waals surface area contributed by atoms with Gasteiger partial charge in [-0.1, -0.05) is 110 Å². The number of pyridine rings is 1. The molecule has 0 saturated heterocycles. The molecule has 5 aromatic carbocycles. The lowest BCUT2D eigenvalue weighted by molar-refractivity contribution is 1.32. The number of benzene rings is 5. The molecular weight excluding hydrogens is 448 g/mol. The van der Waals surface area contributed by atoms with Gasteiger partial charge in [0.1, 0.15) is 5.65 Å². The zero-order valence-corrected chi connectivity index (χ0v) is 20.4. The molecule has 0 saturated carbocycles. The Morgan fingerprint density at radius 3 is 2.11 bits per heavy atom. The van der Waals surface area contributed by atoms with Crippen molar-refractivity contribution in [2.24, 2.45) is 0 Å². The molecule has 2 aromatic heterocycles. The van der Waals surface area contributed by atoms with Crippen molar-refractivity contribution < 1.29 is 0 Å². The van der Waals surface area contributed by atoms with Crippen molar-refractivity contribution in [1.29, 1.82) is 0 Å². The molecule has 0 spiro atoms. The first-order valence-electron chi connectivity index (χ1n) is 12.5. The fourth-order valence-corrected chi connectivity index (χ4v) is 5.65. The van der Waals surface area contributed by atoms with Crippen molar-refractivity contribution in [3.05, 3.63) is 140 Å². The molecular formula is C35H24N2. The molecule has 2 heteroatoms. The predicted octanol–water partition coefficient (Wildman–Crippen LogP) is 9.37. The third kappa shape index (κ3) is 3.16. The predicted molar refractivity (Wildman–Crippen MR) is 159 cm³/mol. The highest BCUT2D eigenvalue weighted by Gasteiger charge is 2.17. The highest BCUT2D eigenvalue weighted by molar-refractivity contribution is 6.25. The Bertz CT molecular complexity index is 2050. The van der Waals surface area contributed by atoms with Gasteiger partial charge in [-0.2, -0.15) is 0 Å². The van der Waals surface area contributed by atoms with E-state index in [1.165, 1.54) is 43.6 Å². The number of fused-ring (bicyclic) bond motifs is 10. The first kappa shape index (κ1) is 21.3.